The van der Waals surface area contributed by atoms with E-state index in [2.05, 4.69) is 9.98 Å². The van der Waals surface area contributed by atoms with E-state index in [1.54, 1.807) is 12.1 Å². The van der Waals surface area contributed by atoms with Gasteiger partial charge in [0.1, 0.15) is 11.6 Å². The van der Waals surface area contributed by atoms with Crippen molar-refractivity contribution in [3.05, 3.63) is 64.6 Å². The molecule has 0 radical (unpaired) electrons. The summed E-state index contributed by atoms with van der Waals surface area (Å²) in [5.41, 5.74) is 12.3. The smallest absolute Gasteiger partial charge is 0.351 e. The van der Waals surface area contributed by atoms with E-state index >= 15 is 0 Å². The van der Waals surface area contributed by atoms with Crippen LogP contribution in [0.2, 0.25) is 0 Å². The maximum absolute atomic E-state index is 14.6. The van der Waals surface area contributed by atoms with Gasteiger partial charge >= 0.3 is 5.69 Å². The van der Waals surface area contributed by atoms with E-state index in [0.29, 0.717) is 25.2 Å². The van der Waals surface area contributed by atoms with Crippen LogP contribution in [0.1, 0.15) is 19.1 Å². The van der Waals surface area contributed by atoms with E-state index in [1.807, 2.05) is 4.90 Å². The minimum atomic E-state index is -3.24. The summed E-state index contributed by atoms with van der Waals surface area (Å²) in [6.45, 7) is 1.17. The molecule has 32 heavy (non-hydrogen) atoms. The Morgan fingerprint density at radius 2 is 2.16 bits per heavy atom. The second kappa shape index (κ2) is 8.75. The van der Waals surface area contributed by atoms with Crippen molar-refractivity contribution in [1.29, 1.82) is 0 Å². The van der Waals surface area contributed by atoms with Gasteiger partial charge in [0.25, 0.3) is 5.92 Å². The Bertz CT molecular complexity index is 1120. The number of nitrogen functional groups attached to an aromatic ring is 1. The molecule has 0 aliphatic carbocycles. The predicted octanol–water partition coefficient (Wildman–Crippen LogP) is 2.21. The lowest BCUT2D eigenvalue weighted by Crippen LogP contribution is -2.40. The maximum atomic E-state index is 14.6. The van der Waals surface area contributed by atoms with Crippen LogP contribution < -0.4 is 17.2 Å². The van der Waals surface area contributed by atoms with Crippen molar-refractivity contribution in [1.82, 2.24) is 14.5 Å². The van der Waals surface area contributed by atoms with Crippen LogP contribution in [0, 0.1) is 5.82 Å². The Balaban J connectivity index is 1.44. The Morgan fingerprint density at radius 1 is 1.34 bits per heavy atom. The van der Waals surface area contributed by atoms with Crippen LogP contribution in [0.3, 0.4) is 0 Å². The first kappa shape index (κ1) is 22.0. The monoisotopic (exact) mass is 448 g/mol. The average molecular weight is 448 g/mol. The van der Waals surface area contributed by atoms with Gasteiger partial charge in [-0.3, -0.25) is 14.5 Å². The largest absolute Gasteiger partial charge is 0.404 e. The molecule has 0 amide bonds. The highest BCUT2D eigenvalue weighted by Crippen LogP contribution is 2.42. The molecular weight excluding hydrogens is 425 g/mol. The zero-order valence-corrected chi connectivity index (χ0v) is 17.1. The fraction of sp³-hybridized carbons (Fsp3) is 0.381. The zero-order valence-electron chi connectivity index (χ0n) is 17.1. The van der Waals surface area contributed by atoms with Crippen molar-refractivity contribution in [2.75, 3.05) is 25.4 Å². The molecule has 2 fully saturated rings. The number of nitrogens with two attached hydrogens (primary N) is 2. The van der Waals surface area contributed by atoms with Gasteiger partial charge in [0, 0.05) is 56.2 Å². The van der Waals surface area contributed by atoms with E-state index in [1.165, 1.54) is 24.4 Å². The third-order valence-corrected chi connectivity index (χ3v) is 5.45. The van der Waals surface area contributed by atoms with Crippen LogP contribution in [-0.4, -0.2) is 51.8 Å². The first-order valence-corrected chi connectivity index (χ1v) is 10.1. The number of anilines is 1. The number of ether oxygens (including phenoxy) is 1. The Labute approximate surface area is 182 Å². The number of likely N-dealkylation sites (tertiary alicyclic amines) is 1. The summed E-state index contributed by atoms with van der Waals surface area (Å²) in [6, 6.07) is 7.21. The molecule has 2 aliphatic rings. The summed E-state index contributed by atoms with van der Waals surface area (Å²) in [5.74, 6) is -3.67. The number of piperidine rings is 1. The van der Waals surface area contributed by atoms with E-state index in [9.17, 15) is 18.0 Å². The summed E-state index contributed by atoms with van der Waals surface area (Å²) < 4.78 is 49.0. The molecule has 2 atom stereocenters. The second-order valence-electron chi connectivity index (χ2n) is 7.83. The number of halogens is 3. The standard InChI is InChI=1S/C21H23F3N6O2/c22-14-2-1-3-15(8-14)27-17-4-6-29(11-13(17)10-25)12-16-9-21(23,24)19(32-16)30-7-5-18(26)28-20(30)31/h1-3,5,7-8,10,16,19H,4,6,9,11-12,25H2,(H2,26,28,31)/t16-,19+/m0/s1. The molecule has 1 aromatic carbocycles. The molecule has 3 heterocycles. The second-order valence-corrected chi connectivity index (χ2v) is 7.83. The number of rotatable bonds is 4. The number of benzene rings is 1. The maximum Gasteiger partial charge on any atom is 0.351 e. The highest BCUT2D eigenvalue weighted by molar-refractivity contribution is 6.02. The summed E-state index contributed by atoms with van der Waals surface area (Å²) in [4.78, 5) is 21.9. The summed E-state index contributed by atoms with van der Waals surface area (Å²) in [6.07, 6.45) is 0.0469. The van der Waals surface area contributed by atoms with Gasteiger partial charge < -0.3 is 16.2 Å². The lowest BCUT2D eigenvalue weighted by molar-refractivity contribution is -0.118. The summed E-state index contributed by atoms with van der Waals surface area (Å²) in [5, 5.41) is 0. The van der Waals surface area contributed by atoms with Crippen LogP contribution in [0.4, 0.5) is 24.7 Å². The van der Waals surface area contributed by atoms with Gasteiger partial charge in [-0.1, -0.05) is 6.07 Å². The minimum absolute atomic E-state index is 0.0470. The predicted molar refractivity (Wildman–Crippen MR) is 113 cm³/mol. The van der Waals surface area contributed by atoms with Gasteiger partial charge in [0.15, 0.2) is 0 Å². The molecule has 2 saturated heterocycles. The molecule has 2 aliphatic heterocycles. The third-order valence-electron chi connectivity index (χ3n) is 5.45. The quantitative estimate of drug-likeness (QED) is 0.742. The molecule has 11 heteroatoms. The third kappa shape index (κ3) is 4.68. The van der Waals surface area contributed by atoms with Crippen molar-refractivity contribution >= 4 is 17.2 Å². The molecule has 0 unspecified atom stereocenters. The van der Waals surface area contributed by atoms with Crippen molar-refractivity contribution < 1.29 is 17.9 Å². The van der Waals surface area contributed by atoms with E-state index in [4.69, 9.17) is 16.2 Å². The van der Waals surface area contributed by atoms with E-state index in [0.717, 1.165) is 22.0 Å². The molecule has 1 aromatic heterocycles. The number of aromatic nitrogens is 2. The van der Waals surface area contributed by atoms with Crippen LogP contribution in [0.15, 0.2) is 58.1 Å². The number of aliphatic imine (C=N–C) groups is 1. The van der Waals surface area contributed by atoms with Gasteiger partial charge in [-0.05, 0) is 24.3 Å². The fourth-order valence-corrected chi connectivity index (χ4v) is 3.97. The van der Waals surface area contributed by atoms with Crippen molar-refractivity contribution in [3.8, 4) is 0 Å². The first-order chi connectivity index (χ1) is 15.2. The summed E-state index contributed by atoms with van der Waals surface area (Å²) >= 11 is 0. The van der Waals surface area contributed by atoms with Crippen LogP contribution in [-0.2, 0) is 4.74 Å². The lowest BCUT2D eigenvalue weighted by Gasteiger charge is -2.31. The Kier molecular flexibility index (Phi) is 6.02. The van der Waals surface area contributed by atoms with Gasteiger partial charge in [-0.25, -0.2) is 18.0 Å². The molecule has 4 rings (SSSR count). The molecule has 170 valence electrons. The molecule has 0 saturated carbocycles. The van der Waals surface area contributed by atoms with Gasteiger partial charge in [-0.2, -0.15) is 4.98 Å². The number of alkyl halides is 2. The zero-order chi connectivity index (χ0) is 22.9. The molecule has 8 nitrogen and oxygen atoms in total. The van der Waals surface area contributed by atoms with Crippen LogP contribution >= 0.6 is 0 Å². The fourth-order valence-electron chi connectivity index (χ4n) is 3.97. The van der Waals surface area contributed by atoms with Crippen molar-refractivity contribution in [2.45, 2.75) is 31.1 Å². The van der Waals surface area contributed by atoms with Crippen molar-refractivity contribution in [3.63, 3.8) is 0 Å². The molecule has 4 N–H and O–H groups in total. The summed E-state index contributed by atoms with van der Waals surface area (Å²) in [7, 11) is 0. The van der Waals surface area contributed by atoms with Gasteiger partial charge in [0.2, 0.25) is 6.23 Å². The number of hydrogen-bond donors (Lipinski definition) is 2. The van der Waals surface area contributed by atoms with Gasteiger partial charge in [-0.15, -0.1) is 0 Å². The number of nitrogens with zero attached hydrogens (tertiary/aromatic N) is 4. The van der Waals surface area contributed by atoms with Gasteiger partial charge in [0.05, 0.1) is 11.8 Å². The SMILES string of the molecule is NC=C1CN(C[C@@H]2CC(F)(F)[C@H](n3ccc(N)nc3=O)O2)CCC1=Nc1cccc(F)c1. The minimum Gasteiger partial charge on any atom is -0.404 e. The number of hydrogen-bond acceptors (Lipinski definition) is 7. The molecule has 0 bridgehead atoms. The topological polar surface area (TPSA) is 112 Å². The molecule has 2 aromatic rings. The molecule has 0 spiro atoms. The highest BCUT2D eigenvalue weighted by atomic mass is 19.3. The highest BCUT2D eigenvalue weighted by Gasteiger charge is 2.52. The lowest BCUT2D eigenvalue weighted by atomic mass is 10.0. The normalized spacial score (nSPS) is 26.1. The van der Waals surface area contributed by atoms with Crippen molar-refractivity contribution in [2.24, 2.45) is 10.7 Å². The average Bonchev–Trinajstić information content (AvgIpc) is 3.02. The van der Waals surface area contributed by atoms with Crippen LogP contribution in [0.25, 0.3) is 0 Å². The molecular formula is C21H23F3N6O2. The van der Waals surface area contributed by atoms with Crippen LogP contribution in [0.5, 0.6) is 0 Å². The Morgan fingerprint density at radius 3 is 2.88 bits per heavy atom. The van der Waals surface area contributed by atoms with E-state index < -0.39 is 30.4 Å². The first-order valence-electron chi connectivity index (χ1n) is 10.1. The Hall–Kier alpha value is -3.18. The van der Waals surface area contributed by atoms with E-state index in [-0.39, 0.29) is 18.2 Å².